The van der Waals surface area contributed by atoms with E-state index in [1.54, 1.807) is 0 Å². The number of amides is 1. The zero-order valence-electron chi connectivity index (χ0n) is 10.8. The molecule has 3 nitrogen and oxygen atoms in total. The van der Waals surface area contributed by atoms with Gasteiger partial charge in [-0.15, -0.1) is 11.6 Å². The molecule has 19 heavy (non-hydrogen) atoms. The van der Waals surface area contributed by atoms with Gasteiger partial charge in [-0.05, 0) is 43.9 Å². The van der Waals surface area contributed by atoms with E-state index in [4.69, 9.17) is 16.3 Å². The number of ether oxygens (including phenoxy) is 1. The molecular formula is C14H17ClFNO2. The van der Waals surface area contributed by atoms with Crippen LogP contribution in [0.4, 0.5) is 4.39 Å². The highest BCUT2D eigenvalue weighted by Gasteiger charge is 2.21. The first kappa shape index (κ1) is 14.1. The van der Waals surface area contributed by atoms with E-state index in [2.05, 4.69) is 5.32 Å². The summed E-state index contributed by atoms with van der Waals surface area (Å²) >= 11 is 6.02. The number of halogens is 2. The molecule has 2 rings (SSSR count). The van der Waals surface area contributed by atoms with Crippen molar-refractivity contribution in [3.05, 3.63) is 29.6 Å². The third kappa shape index (κ3) is 3.60. The number of hydrogen-bond donors (Lipinski definition) is 1. The largest absolute Gasteiger partial charge is 0.494 e. The maximum Gasteiger partial charge on any atom is 0.251 e. The van der Waals surface area contributed by atoms with Crippen molar-refractivity contribution in [2.75, 3.05) is 7.11 Å². The Bertz CT molecular complexity index is 459. The maximum absolute atomic E-state index is 13.3. The van der Waals surface area contributed by atoms with Gasteiger partial charge in [-0.3, -0.25) is 4.79 Å². The topological polar surface area (TPSA) is 38.3 Å². The molecule has 5 heteroatoms. The van der Waals surface area contributed by atoms with E-state index in [0.29, 0.717) is 5.56 Å². The van der Waals surface area contributed by atoms with E-state index in [-0.39, 0.29) is 23.1 Å². The Morgan fingerprint density at radius 2 is 2.05 bits per heavy atom. The maximum atomic E-state index is 13.3. The van der Waals surface area contributed by atoms with Crippen LogP contribution in [0.15, 0.2) is 18.2 Å². The Morgan fingerprint density at radius 1 is 1.37 bits per heavy atom. The number of alkyl halides is 1. The molecule has 0 saturated heterocycles. The van der Waals surface area contributed by atoms with Gasteiger partial charge in [0.15, 0.2) is 11.6 Å². The molecular weight excluding hydrogens is 269 g/mol. The molecule has 1 aliphatic rings. The van der Waals surface area contributed by atoms with Crippen LogP contribution in [-0.4, -0.2) is 24.4 Å². The molecule has 1 aromatic carbocycles. The Morgan fingerprint density at radius 3 is 2.68 bits per heavy atom. The second-order valence-corrected chi connectivity index (χ2v) is 5.39. The average Bonchev–Trinajstić information content (AvgIpc) is 2.42. The predicted molar refractivity (Wildman–Crippen MR) is 72.3 cm³/mol. The fourth-order valence-electron chi connectivity index (χ4n) is 2.27. The molecule has 104 valence electrons. The Labute approximate surface area is 117 Å². The van der Waals surface area contributed by atoms with Crippen LogP contribution in [0.2, 0.25) is 0 Å². The zero-order valence-corrected chi connectivity index (χ0v) is 11.5. The highest BCUT2D eigenvalue weighted by atomic mass is 35.5. The van der Waals surface area contributed by atoms with Crippen LogP contribution < -0.4 is 10.1 Å². The molecule has 0 radical (unpaired) electrons. The van der Waals surface area contributed by atoms with Crippen molar-refractivity contribution in [2.45, 2.75) is 37.1 Å². The molecule has 0 aromatic heterocycles. The fraction of sp³-hybridized carbons (Fsp3) is 0.500. The molecule has 0 atom stereocenters. The van der Waals surface area contributed by atoms with Gasteiger partial charge in [-0.1, -0.05) is 0 Å². The molecule has 1 fully saturated rings. The van der Waals surface area contributed by atoms with Gasteiger partial charge < -0.3 is 10.1 Å². The minimum absolute atomic E-state index is 0.0807. The summed E-state index contributed by atoms with van der Waals surface area (Å²) in [6.45, 7) is 0. The van der Waals surface area contributed by atoms with Crippen LogP contribution in [0.25, 0.3) is 0 Å². The van der Waals surface area contributed by atoms with Gasteiger partial charge in [-0.2, -0.15) is 0 Å². The second-order valence-electron chi connectivity index (χ2n) is 4.77. The van der Waals surface area contributed by atoms with Gasteiger partial charge >= 0.3 is 0 Å². The lowest BCUT2D eigenvalue weighted by Gasteiger charge is -2.25. The summed E-state index contributed by atoms with van der Waals surface area (Å²) in [5.41, 5.74) is 0.409. The highest BCUT2D eigenvalue weighted by molar-refractivity contribution is 6.20. The minimum atomic E-state index is -0.471. The Hall–Kier alpha value is -1.29. The van der Waals surface area contributed by atoms with Gasteiger partial charge in [-0.25, -0.2) is 4.39 Å². The first-order chi connectivity index (χ1) is 9.10. The SMILES string of the molecule is COc1cc(C(=O)NC2CCC(Cl)CC2)ccc1F. The van der Waals surface area contributed by atoms with Gasteiger partial charge in [0.25, 0.3) is 5.91 Å². The molecule has 1 amide bonds. The van der Waals surface area contributed by atoms with Crippen molar-refractivity contribution in [3.8, 4) is 5.75 Å². The predicted octanol–water partition coefficient (Wildman–Crippen LogP) is 3.11. The molecule has 0 aliphatic heterocycles. The highest BCUT2D eigenvalue weighted by Crippen LogP contribution is 2.23. The molecule has 0 heterocycles. The molecule has 1 aromatic rings. The minimum Gasteiger partial charge on any atom is -0.494 e. The number of methoxy groups -OCH3 is 1. The van der Waals surface area contributed by atoms with Crippen molar-refractivity contribution in [3.63, 3.8) is 0 Å². The third-order valence-corrected chi connectivity index (χ3v) is 3.84. The van der Waals surface area contributed by atoms with E-state index in [0.717, 1.165) is 25.7 Å². The van der Waals surface area contributed by atoms with Crippen molar-refractivity contribution in [2.24, 2.45) is 0 Å². The van der Waals surface area contributed by atoms with Crippen molar-refractivity contribution in [1.82, 2.24) is 5.32 Å². The first-order valence-corrected chi connectivity index (χ1v) is 6.82. The molecule has 0 unspecified atom stereocenters. The molecule has 1 saturated carbocycles. The van der Waals surface area contributed by atoms with Gasteiger partial charge in [0.1, 0.15) is 0 Å². The zero-order chi connectivity index (χ0) is 13.8. The smallest absolute Gasteiger partial charge is 0.251 e. The normalized spacial score (nSPS) is 22.9. The third-order valence-electron chi connectivity index (χ3n) is 3.41. The van der Waals surface area contributed by atoms with E-state index in [9.17, 15) is 9.18 Å². The summed E-state index contributed by atoms with van der Waals surface area (Å²) in [6.07, 6.45) is 3.61. The van der Waals surface area contributed by atoms with E-state index in [1.165, 1.54) is 25.3 Å². The van der Waals surface area contributed by atoms with Crippen LogP contribution in [0.1, 0.15) is 36.0 Å². The number of nitrogens with one attached hydrogen (secondary N) is 1. The number of hydrogen-bond acceptors (Lipinski definition) is 2. The lowest BCUT2D eigenvalue weighted by atomic mass is 9.95. The van der Waals surface area contributed by atoms with E-state index in [1.807, 2.05) is 0 Å². The first-order valence-electron chi connectivity index (χ1n) is 6.38. The number of carbonyl (C=O) groups is 1. The summed E-state index contributed by atoms with van der Waals surface area (Å²) in [6, 6.07) is 4.26. The molecule has 0 spiro atoms. The lowest BCUT2D eigenvalue weighted by Crippen LogP contribution is -2.37. The van der Waals surface area contributed by atoms with Gasteiger partial charge in [0.05, 0.1) is 7.11 Å². The van der Waals surface area contributed by atoms with Gasteiger partial charge in [0.2, 0.25) is 0 Å². The molecule has 1 N–H and O–H groups in total. The fourth-order valence-corrected chi connectivity index (χ4v) is 2.52. The quantitative estimate of drug-likeness (QED) is 0.867. The summed E-state index contributed by atoms with van der Waals surface area (Å²) in [5.74, 6) is -0.588. The second kappa shape index (κ2) is 6.24. The van der Waals surface area contributed by atoms with Crippen LogP contribution >= 0.6 is 11.6 Å². The summed E-state index contributed by atoms with van der Waals surface area (Å²) < 4.78 is 18.1. The number of benzene rings is 1. The van der Waals surface area contributed by atoms with Crippen LogP contribution in [0, 0.1) is 5.82 Å². The number of rotatable bonds is 3. The van der Waals surface area contributed by atoms with E-state index < -0.39 is 5.82 Å². The molecule has 0 bridgehead atoms. The van der Waals surface area contributed by atoms with Crippen molar-refractivity contribution in [1.29, 1.82) is 0 Å². The van der Waals surface area contributed by atoms with Crippen LogP contribution in [-0.2, 0) is 0 Å². The number of carbonyl (C=O) groups excluding carboxylic acids is 1. The molecule has 1 aliphatic carbocycles. The van der Waals surface area contributed by atoms with Crippen LogP contribution in [0.5, 0.6) is 5.75 Å². The van der Waals surface area contributed by atoms with E-state index >= 15 is 0 Å². The summed E-state index contributed by atoms with van der Waals surface area (Å²) in [7, 11) is 1.38. The van der Waals surface area contributed by atoms with Gasteiger partial charge in [0, 0.05) is 17.0 Å². The lowest BCUT2D eigenvalue weighted by molar-refractivity contribution is 0.0927. The Kier molecular flexibility index (Phi) is 4.64. The Balaban J connectivity index is 2.00. The monoisotopic (exact) mass is 285 g/mol. The standard InChI is InChI=1S/C14H17ClFNO2/c1-19-13-8-9(2-7-12(13)16)14(18)17-11-5-3-10(15)4-6-11/h2,7-8,10-11H,3-6H2,1H3,(H,17,18). The average molecular weight is 286 g/mol. The summed E-state index contributed by atoms with van der Waals surface area (Å²) in [5, 5.41) is 3.17. The summed E-state index contributed by atoms with van der Waals surface area (Å²) in [4.78, 5) is 12.1. The van der Waals surface area contributed by atoms with Crippen molar-refractivity contribution >= 4 is 17.5 Å². The van der Waals surface area contributed by atoms with Crippen LogP contribution in [0.3, 0.4) is 0 Å². The van der Waals surface area contributed by atoms with Crippen molar-refractivity contribution < 1.29 is 13.9 Å².